The summed E-state index contributed by atoms with van der Waals surface area (Å²) in [5.74, 6) is 2.23. The van der Waals surface area contributed by atoms with Crippen molar-refractivity contribution in [1.82, 2.24) is 0 Å². The zero-order chi connectivity index (χ0) is 37.3. The van der Waals surface area contributed by atoms with Gasteiger partial charge in [-0.05, 0) is 149 Å². The Morgan fingerprint density at radius 1 is 0.900 bits per heavy atom. The minimum absolute atomic E-state index is 0.00920. The lowest BCUT2D eigenvalue weighted by atomic mass is 9.60. The van der Waals surface area contributed by atoms with E-state index in [-0.39, 0.29) is 34.2 Å². The van der Waals surface area contributed by atoms with Gasteiger partial charge in [0.05, 0.1) is 17.8 Å². The van der Waals surface area contributed by atoms with Crippen molar-refractivity contribution in [2.24, 2.45) is 23.2 Å². The second-order valence-electron chi connectivity index (χ2n) is 20.9. The van der Waals surface area contributed by atoms with Crippen molar-refractivity contribution in [3.63, 3.8) is 0 Å². The smallest absolute Gasteiger partial charge is 0.192 e. The third-order valence-electron chi connectivity index (χ3n) is 14.5. The summed E-state index contributed by atoms with van der Waals surface area (Å²) in [6, 6.07) is 0. The van der Waals surface area contributed by atoms with Gasteiger partial charge < -0.3 is 18.3 Å². The van der Waals surface area contributed by atoms with Gasteiger partial charge in [-0.1, -0.05) is 92.5 Å². The number of hydrogen-bond acceptors (Lipinski definition) is 4. The van der Waals surface area contributed by atoms with E-state index in [1.165, 1.54) is 68.9 Å². The second-order valence-corrected chi connectivity index (χ2v) is 30.4. The minimum Gasteiger partial charge on any atom is -0.413 e. The van der Waals surface area contributed by atoms with Crippen molar-refractivity contribution in [3.05, 3.63) is 35.5 Å². The molecule has 4 aliphatic rings. The van der Waals surface area contributed by atoms with Crippen LogP contribution in [0, 0.1) is 23.2 Å². The van der Waals surface area contributed by atoms with Gasteiger partial charge in [0.1, 0.15) is 0 Å². The van der Waals surface area contributed by atoms with Crippen LogP contribution in [0.2, 0.25) is 36.3 Å². The monoisotopic (exact) mass is 729 g/mol. The molecule has 0 aromatic carbocycles. The molecule has 0 unspecified atom stereocenters. The third kappa shape index (κ3) is 10.2. The van der Waals surface area contributed by atoms with Crippen LogP contribution in [-0.4, -0.2) is 47.3 Å². The summed E-state index contributed by atoms with van der Waals surface area (Å²) >= 11 is 0. The van der Waals surface area contributed by atoms with Crippen LogP contribution in [0.5, 0.6) is 0 Å². The summed E-state index contributed by atoms with van der Waals surface area (Å²) < 4.78 is 26.6. The van der Waals surface area contributed by atoms with Gasteiger partial charge in [0.15, 0.2) is 22.9 Å². The van der Waals surface area contributed by atoms with Crippen LogP contribution in [0.4, 0.5) is 0 Å². The number of rotatable bonds is 12. The highest BCUT2D eigenvalue weighted by Gasteiger charge is 2.51. The van der Waals surface area contributed by atoms with Crippen LogP contribution < -0.4 is 0 Å². The molecule has 0 spiro atoms. The zero-order valence-electron chi connectivity index (χ0n) is 35.4. The van der Waals surface area contributed by atoms with Crippen LogP contribution >= 0.6 is 0 Å². The summed E-state index contributed by atoms with van der Waals surface area (Å²) in [6.45, 7) is 38.9. The van der Waals surface area contributed by atoms with Gasteiger partial charge in [-0.25, -0.2) is 0 Å². The lowest BCUT2D eigenvalue weighted by Crippen LogP contribution is -2.49. The summed E-state index contributed by atoms with van der Waals surface area (Å²) in [7, 11) is -3.91. The first-order chi connectivity index (χ1) is 23.0. The van der Waals surface area contributed by atoms with Crippen LogP contribution in [0.3, 0.4) is 0 Å². The molecule has 4 fully saturated rings. The van der Waals surface area contributed by atoms with Gasteiger partial charge >= 0.3 is 0 Å². The van der Waals surface area contributed by atoms with Crippen molar-refractivity contribution >= 4 is 16.6 Å². The third-order valence-corrected chi connectivity index (χ3v) is 23.5. The highest BCUT2D eigenvalue weighted by Crippen LogP contribution is 2.60. The highest BCUT2D eigenvalue weighted by molar-refractivity contribution is 6.74. The molecule has 0 N–H and O–H groups in total. The Morgan fingerprint density at radius 2 is 1.56 bits per heavy atom. The molecule has 0 radical (unpaired) electrons. The largest absolute Gasteiger partial charge is 0.413 e. The normalized spacial score (nSPS) is 32.8. The molecule has 0 aromatic heterocycles. The molecule has 4 nitrogen and oxygen atoms in total. The second kappa shape index (κ2) is 16.1. The lowest BCUT2D eigenvalue weighted by Gasteiger charge is -2.46. The fourth-order valence-electron chi connectivity index (χ4n) is 9.25. The molecule has 1 aliphatic heterocycles. The van der Waals surface area contributed by atoms with E-state index in [2.05, 4.69) is 108 Å². The predicted octanol–water partition coefficient (Wildman–Crippen LogP) is 13.3. The first kappa shape index (κ1) is 42.2. The Balaban J connectivity index is 1.47. The van der Waals surface area contributed by atoms with E-state index in [4.69, 9.17) is 24.9 Å². The average Bonchev–Trinajstić information content (AvgIpc) is 3.34. The van der Waals surface area contributed by atoms with Gasteiger partial charge in [0, 0.05) is 13.0 Å². The molecule has 6 heteroatoms. The fourth-order valence-corrected chi connectivity index (χ4v) is 11.9. The molecule has 0 aromatic rings. The molecule has 288 valence electrons. The Hall–Kier alpha value is -0.506. The fraction of sp³-hybridized carbons (Fsp3) is 0.864. The van der Waals surface area contributed by atoms with Crippen molar-refractivity contribution in [3.8, 4) is 0 Å². The van der Waals surface area contributed by atoms with E-state index in [0.29, 0.717) is 11.3 Å². The molecule has 50 heavy (non-hydrogen) atoms. The number of ether oxygens (including phenoxy) is 2. The maximum Gasteiger partial charge on any atom is 0.192 e. The Labute approximate surface area is 312 Å². The molecule has 1 heterocycles. The Bertz CT molecular complexity index is 1210. The van der Waals surface area contributed by atoms with E-state index in [1.807, 2.05) is 0 Å². The maximum absolute atomic E-state index is 7.12. The standard InChI is InChI=1S/C44H80O4Si2/c1-32(20-18-27-43(9,10)46-40-22-16-17-29-45-40)37-25-26-38-34(21-19-28-44(37,38)11)23-24-35-30-36(47-49(12,13)41(3,4)5)31-39(33(35)2)48-50(14,15)42(6,7)8/h23-24,32,36-40H,2,16-22,25-31H2,1,3-15H3/b34-23+,35-24+/t32-,36+,37-,38-,39-,40-,44+/m1/s1. The van der Waals surface area contributed by atoms with E-state index in [9.17, 15) is 0 Å². The molecule has 0 bridgehead atoms. The van der Waals surface area contributed by atoms with Crippen LogP contribution in [-0.2, 0) is 18.3 Å². The van der Waals surface area contributed by atoms with Crippen molar-refractivity contribution in [2.75, 3.05) is 6.61 Å². The average molecular weight is 729 g/mol. The van der Waals surface area contributed by atoms with Gasteiger partial charge in [-0.3, -0.25) is 0 Å². The van der Waals surface area contributed by atoms with E-state index in [0.717, 1.165) is 44.1 Å². The molecule has 3 saturated carbocycles. The molecule has 1 saturated heterocycles. The molecule has 7 atom stereocenters. The first-order valence-corrected chi connectivity index (χ1v) is 26.5. The van der Waals surface area contributed by atoms with Gasteiger partial charge in [0.25, 0.3) is 0 Å². The van der Waals surface area contributed by atoms with Crippen LogP contribution in [0.15, 0.2) is 35.5 Å². The maximum atomic E-state index is 7.12. The quantitative estimate of drug-likeness (QED) is 0.188. The van der Waals surface area contributed by atoms with E-state index < -0.39 is 16.6 Å². The topological polar surface area (TPSA) is 36.9 Å². The summed E-state index contributed by atoms with van der Waals surface area (Å²) in [6.07, 6.45) is 20.7. The van der Waals surface area contributed by atoms with Gasteiger partial charge in [0.2, 0.25) is 0 Å². The van der Waals surface area contributed by atoms with Crippen LogP contribution in [0.1, 0.15) is 153 Å². The number of hydrogen-bond donors (Lipinski definition) is 0. The number of allylic oxidation sites excluding steroid dienone is 3. The highest BCUT2D eigenvalue weighted by atomic mass is 28.4. The molecule has 0 amide bonds. The van der Waals surface area contributed by atoms with Crippen LogP contribution in [0.25, 0.3) is 0 Å². The summed E-state index contributed by atoms with van der Waals surface area (Å²) in [5, 5.41) is 0.336. The molecule has 4 rings (SSSR count). The number of fused-ring (bicyclic) bond motifs is 1. The minimum atomic E-state index is -1.98. The van der Waals surface area contributed by atoms with Gasteiger partial charge in [-0.15, -0.1) is 0 Å². The molecular weight excluding hydrogens is 649 g/mol. The molecule has 3 aliphatic carbocycles. The van der Waals surface area contributed by atoms with Crippen molar-refractivity contribution < 1.29 is 18.3 Å². The zero-order valence-corrected chi connectivity index (χ0v) is 37.4. The molecular formula is C44H80O4Si2. The van der Waals surface area contributed by atoms with Gasteiger partial charge in [-0.2, -0.15) is 0 Å². The Kier molecular flexibility index (Phi) is 13.6. The first-order valence-electron chi connectivity index (χ1n) is 20.7. The van der Waals surface area contributed by atoms with E-state index in [1.54, 1.807) is 5.57 Å². The van der Waals surface area contributed by atoms with Crippen molar-refractivity contribution in [1.29, 1.82) is 0 Å². The van der Waals surface area contributed by atoms with E-state index >= 15 is 0 Å². The van der Waals surface area contributed by atoms with Crippen molar-refractivity contribution in [2.45, 2.75) is 213 Å². The SMILES string of the molecule is C=C1/C(=C/C=C2\CCC[C@]3(C)[C@@H]2CC[C@@H]3[C@H](C)CCCC(C)(C)O[C@@H]2CCCCO2)C[C@H](O[Si](C)(C)C(C)(C)C)C[C@H]1O[Si](C)(C)C(C)(C)C. The summed E-state index contributed by atoms with van der Waals surface area (Å²) in [5.41, 5.74) is 4.51. The summed E-state index contributed by atoms with van der Waals surface area (Å²) in [4.78, 5) is 0. The predicted molar refractivity (Wildman–Crippen MR) is 219 cm³/mol. The Morgan fingerprint density at radius 3 is 2.18 bits per heavy atom. The lowest BCUT2D eigenvalue weighted by molar-refractivity contribution is -0.217.